The average molecular weight is 522 g/mol. The number of aliphatic imine (C=N–C) groups is 1. The summed E-state index contributed by atoms with van der Waals surface area (Å²) in [6.07, 6.45) is 7.06. The molecule has 0 bridgehead atoms. The zero-order chi connectivity index (χ0) is 19.9. The lowest BCUT2D eigenvalue weighted by Gasteiger charge is -2.36. The van der Waals surface area contributed by atoms with Crippen LogP contribution in [0.15, 0.2) is 58.6 Å². The first-order valence-corrected chi connectivity index (χ1v) is 9.91. The molecule has 1 aliphatic heterocycles. The molecule has 160 valence electrons. The van der Waals surface area contributed by atoms with E-state index in [1.807, 2.05) is 30.5 Å². The maximum atomic E-state index is 4.93. The van der Waals surface area contributed by atoms with Gasteiger partial charge in [0, 0.05) is 63.9 Å². The van der Waals surface area contributed by atoms with Crippen molar-refractivity contribution in [2.75, 3.05) is 32.7 Å². The molecule has 0 saturated carbocycles. The summed E-state index contributed by atoms with van der Waals surface area (Å²) in [4.78, 5) is 13.9. The largest absolute Gasteiger partial charge is 0.364 e. The van der Waals surface area contributed by atoms with Gasteiger partial charge in [0.25, 0.3) is 0 Å². The quantitative estimate of drug-likeness (QED) is 0.302. The summed E-state index contributed by atoms with van der Waals surface area (Å²) in [7, 11) is 0. The first-order valence-electron chi connectivity index (χ1n) is 9.91. The fourth-order valence-corrected chi connectivity index (χ4v) is 3.35. The lowest BCUT2D eigenvalue weighted by atomic mass is 10.2. The molecule has 0 unspecified atom stereocenters. The van der Waals surface area contributed by atoms with Gasteiger partial charge in [-0.15, -0.1) is 24.0 Å². The number of pyridine rings is 1. The minimum atomic E-state index is 0. The zero-order valence-electron chi connectivity index (χ0n) is 17.0. The molecule has 4 rings (SSSR count). The minimum Gasteiger partial charge on any atom is -0.364 e. The number of nitrogens with one attached hydrogen (secondary N) is 1. The molecule has 0 spiro atoms. The van der Waals surface area contributed by atoms with Crippen molar-refractivity contribution in [3.8, 4) is 5.82 Å². The second kappa shape index (κ2) is 11.1. The number of rotatable bonds is 6. The molecule has 0 aromatic carbocycles. The molecule has 3 aromatic rings. The van der Waals surface area contributed by atoms with Crippen LogP contribution in [0.25, 0.3) is 5.82 Å². The number of nitrogens with zero attached hydrogens (tertiary/aromatic N) is 7. The Labute approximate surface area is 193 Å². The summed E-state index contributed by atoms with van der Waals surface area (Å²) in [6.45, 7) is 8.15. The molecule has 30 heavy (non-hydrogen) atoms. The maximum Gasteiger partial charge on any atom is 0.194 e. The van der Waals surface area contributed by atoms with Crippen molar-refractivity contribution in [2.45, 2.75) is 20.0 Å². The molecule has 10 heteroatoms. The van der Waals surface area contributed by atoms with Crippen molar-refractivity contribution in [2.24, 2.45) is 4.99 Å². The molecule has 0 atom stereocenters. The van der Waals surface area contributed by atoms with Crippen molar-refractivity contribution in [1.82, 2.24) is 35.0 Å². The second-order valence-electron chi connectivity index (χ2n) is 6.90. The fraction of sp³-hybridized carbons (Fsp3) is 0.400. The van der Waals surface area contributed by atoms with Crippen LogP contribution in [0.5, 0.6) is 0 Å². The number of aromatic nitrogens is 4. The molecule has 1 N–H and O–H groups in total. The van der Waals surface area contributed by atoms with Gasteiger partial charge in [0.05, 0.1) is 12.2 Å². The highest BCUT2D eigenvalue weighted by Gasteiger charge is 2.20. The summed E-state index contributed by atoms with van der Waals surface area (Å²) in [6, 6.07) is 7.83. The van der Waals surface area contributed by atoms with Crippen molar-refractivity contribution in [1.29, 1.82) is 0 Å². The van der Waals surface area contributed by atoms with Crippen LogP contribution >= 0.6 is 24.0 Å². The van der Waals surface area contributed by atoms with E-state index in [-0.39, 0.29) is 24.0 Å². The standard InChI is InChI=1S/C20H26N8O.HI/c1-2-21-20(27-11-9-26(10-12-27)16-18-5-13-29-25-18)23-15-17-4-7-22-19(14-17)28-8-3-6-24-28;/h3-8,13-14H,2,9-12,15-16H2,1H3,(H,21,23);1H. The molecule has 0 radical (unpaired) electrons. The SMILES string of the molecule is CCNC(=NCc1ccnc(-n2cccn2)c1)N1CCN(Cc2ccon2)CC1.I. The third kappa shape index (κ3) is 5.79. The number of hydrogen-bond acceptors (Lipinski definition) is 6. The molecule has 9 nitrogen and oxygen atoms in total. The van der Waals surface area contributed by atoms with Crippen molar-refractivity contribution in [3.63, 3.8) is 0 Å². The highest BCUT2D eigenvalue weighted by molar-refractivity contribution is 14.0. The number of halogens is 1. The van der Waals surface area contributed by atoms with Crippen LogP contribution in [-0.4, -0.2) is 68.4 Å². The Morgan fingerprint density at radius 1 is 1.20 bits per heavy atom. The molecular weight excluding hydrogens is 495 g/mol. The van der Waals surface area contributed by atoms with Gasteiger partial charge in [-0.05, 0) is 30.7 Å². The molecule has 0 amide bonds. The highest BCUT2D eigenvalue weighted by atomic mass is 127. The van der Waals surface area contributed by atoms with E-state index in [9.17, 15) is 0 Å². The third-order valence-corrected chi connectivity index (χ3v) is 4.84. The Kier molecular flexibility index (Phi) is 8.20. The predicted octanol–water partition coefficient (Wildman–Crippen LogP) is 2.16. The summed E-state index contributed by atoms with van der Waals surface area (Å²) in [5.41, 5.74) is 2.08. The molecule has 3 aromatic heterocycles. The van der Waals surface area contributed by atoms with Crippen LogP contribution in [-0.2, 0) is 13.1 Å². The van der Waals surface area contributed by atoms with Crippen LogP contribution in [0.3, 0.4) is 0 Å². The van der Waals surface area contributed by atoms with Crippen molar-refractivity contribution < 1.29 is 4.52 Å². The van der Waals surface area contributed by atoms with Crippen molar-refractivity contribution in [3.05, 3.63) is 60.4 Å². The van der Waals surface area contributed by atoms with E-state index in [1.165, 1.54) is 0 Å². The monoisotopic (exact) mass is 522 g/mol. The van der Waals surface area contributed by atoms with Crippen molar-refractivity contribution >= 4 is 29.9 Å². The van der Waals surface area contributed by atoms with Gasteiger partial charge >= 0.3 is 0 Å². The molecule has 1 saturated heterocycles. The summed E-state index contributed by atoms with van der Waals surface area (Å²) in [5.74, 6) is 1.75. The van der Waals surface area contributed by atoms with E-state index in [1.54, 1.807) is 23.3 Å². The van der Waals surface area contributed by atoms with Gasteiger partial charge < -0.3 is 14.7 Å². The number of hydrogen-bond donors (Lipinski definition) is 1. The fourth-order valence-electron chi connectivity index (χ4n) is 3.35. The van der Waals surface area contributed by atoms with E-state index in [0.29, 0.717) is 6.54 Å². The molecule has 1 fully saturated rings. The van der Waals surface area contributed by atoms with Gasteiger partial charge in [0.2, 0.25) is 0 Å². The van der Waals surface area contributed by atoms with Crippen LogP contribution in [0.1, 0.15) is 18.2 Å². The summed E-state index contributed by atoms with van der Waals surface area (Å²) < 4.78 is 6.68. The van der Waals surface area contributed by atoms with Gasteiger partial charge in [0.1, 0.15) is 6.26 Å². The summed E-state index contributed by atoms with van der Waals surface area (Å²) in [5, 5.41) is 11.7. The lowest BCUT2D eigenvalue weighted by molar-refractivity contribution is 0.169. The second-order valence-corrected chi connectivity index (χ2v) is 6.90. The average Bonchev–Trinajstić information content (AvgIpc) is 3.46. The first kappa shape index (κ1) is 22.2. The van der Waals surface area contributed by atoms with Gasteiger partial charge in [0.15, 0.2) is 11.8 Å². The van der Waals surface area contributed by atoms with Crippen LogP contribution in [0.4, 0.5) is 0 Å². The Morgan fingerprint density at radius 3 is 2.77 bits per heavy atom. The minimum absolute atomic E-state index is 0. The molecule has 4 heterocycles. The molecular formula is C20H27IN8O. The van der Waals surface area contributed by atoms with Crippen LogP contribution in [0.2, 0.25) is 0 Å². The topological polar surface area (TPSA) is 87.6 Å². The van der Waals surface area contributed by atoms with Gasteiger partial charge in [-0.25, -0.2) is 14.7 Å². The van der Waals surface area contributed by atoms with E-state index < -0.39 is 0 Å². The Hall–Kier alpha value is -2.47. The number of guanidine groups is 1. The smallest absolute Gasteiger partial charge is 0.194 e. The molecule has 1 aliphatic rings. The normalized spacial score (nSPS) is 15.1. The zero-order valence-corrected chi connectivity index (χ0v) is 19.3. The highest BCUT2D eigenvalue weighted by Crippen LogP contribution is 2.10. The van der Waals surface area contributed by atoms with E-state index >= 15 is 0 Å². The van der Waals surface area contributed by atoms with E-state index in [2.05, 4.69) is 37.3 Å². The lowest BCUT2D eigenvalue weighted by Crippen LogP contribution is -2.52. The van der Waals surface area contributed by atoms with E-state index in [0.717, 1.165) is 62.3 Å². The van der Waals surface area contributed by atoms with Crippen LogP contribution < -0.4 is 5.32 Å². The Balaban J connectivity index is 0.00000256. The predicted molar refractivity (Wildman–Crippen MR) is 125 cm³/mol. The maximum absolute atomic E-state index is 4.93. The first-order chi connectivity index (χ1) is 14.3. The Morgan fingerprint density at radius 2 is 2.07 bits per heavy atom. The van der Waals surface area contributed by atoms with Crippen LogP contribution in [0, 0.1) is 0 Å². The van der Waals surface area contributed by atoms with Gasteiger partial charge in [-0.3, -0.25) is 4.90 Å². The summed E-state index contributed by atoms with van der Waals surface area (Å²) >= 11 is 0. The number of piperazine rings is 1. The molecule has 0 aliphatic carbocycles. The Bertz CT molecular complexity index is 905. The van der Waals surface area contributed by atoms with Gasteiger partial charge in [-0.1, -0.05) is 5.16 Å². The van der Waals surface area contributed by atoms with E-state index in [4.69, 9.17) is 9.52 Å². The third-order valence-electron chi connectivity index (χ3n) is 4.84. The van der Waals surface area contributed by atoms with Gasteiger partial charge in [-0.2, -0.15) is 5.10 Å².